The summed E-state index contributed by atoms with van der Waals surface area (Å²) in [5, 5.41) is 0. The third kappa shape index (κ3) is 2.83. The van der Waals surface area contributed by atoms with E-state index in [-0.39, 0.29) is 16.2 Å². The van der Waals surface area contributed by atoms with E-state index in [1.807, 2.05) is 30.3 Å². The Bertz CT molecular complexity index is 404. The first-order valence-electron chi connectivity index (χ1n) is 6.45. The molecule has 3 heteroatoms. The van der Waals surface area contributed by atoms with Crippen molar-refractivity contribution in [3.63, 3.8) is 0 Å². The fraction of sp³-hybridized carbons (Fsp3) is 0.533. The van der Waals surface area contributed by atoms with Gasteiger partial charge in [-0.3, -0.25) is 4.79 Å². The van der Waals surface area contributed by atoms with Crippen LogP contribution in [0.5, 0.6) is 0 Å². The molecule has 2 rings (SSSR count). The molecule has 0 amide bonds. The highest BCUT2D eigenvalue weighted by Crippen LogP contribution is 2.39. The molecule has 1 aliphatic rings. The number of halogens is 1. The Morgan fingerprint density at radius 1 is 1.39 bits per heavy atom. The Hall–Kier alpha value is -0.670. The molecular weight excluding hydrogens is 292 g/mol. The van der Waals surface area contributed by atoms with Crippen molar-refractivity contribution in [3.05, 3.63) is 35.9 Å². The summed E-state index contributed by atoms with van der Waals surface area (Å²) >= 11 is 3.70. The van der Waals surface area contributed by atoms with Gasteiger partial charge < -0.3 is 4.74 Å². The number of Topliss-reactive ketones (excluding diaryl/α,β-unsaturated/α-hetero) is 1. The Labute approximate surface area is 117 Å². The Morgan fingerprint density at radius 3 is 2.72 bits per heavy atom. The van der Waals surface area contributed by atoms with E-state index < -0.39 is 0 Å². The normalized spacial score (nSPS) is 28.0. The number of hydrogen-bond acceptors (Lipinski definition) is 2. The van der Waals surface area contributed by atoms with Gasteiger partial charge >= 0.3 is 0 Å². The first kappa shape index (κ1) is 13.8. The van der Waals surface area contributed by atoms with Crippen LogP contribution in [0.25, 0.3) is 0 Å². The molecule has 1 fully saturated rings. The molecule has 0 aromatic heterocycles. The molecule has 1 aromatic rings. The van der Waals surface area contributed by atoms with Crippen LogP contribution in [0.1, 0.15) is 42.5 Å². The Morgan fingerprint density at radius 2 is 2.11 bits per heavy atom. The van der Waals surface area contributed by atoms with E-state index in [4.69, 9.17) is 4.74 Å². The molecule has 1 aliphatic carbocycles. The van der Waals surface area contributed by atoms with Gasteiger partial charge in [0.25, 0.3) is 0 Å². The van der Waals surface area contributed by atoms with Gasteiger partial charge in [-0.1, -0.05) is 59.1 Å². The van der Waals surface area contributed by atoms with Gasteiger partial charge in [-0.15, -0.1) is 0 Å². The van der Waals surface area contributed by atoms with Crippen molar-refractivity contribution in [1.29, 1.82) is 0 Å². The predicted octanol–water partition coefficient (Wildman–Crippen LogP) is 3.98. The van der Waals surface area contributed by atoms with Gasteiger partial charge in [0.2, 0.25) is 0 Å². The van der Waals surface area contributed by atoms with Crippen molar-refractivity contribution < 1.29 is 9.53 Å². The molecule has 98 valence electrons. The van der Waals surface area contributed by atoms with E-state index in [1.165, 1.54) is 6.42 Å². The summed E-state index contributed by atoms with van der Waals surface area (Å²) in [4.78, 5) is 12.6. The lowest BCUT2D eigenvalue weighted by Gasteiger charge is -2.40. The first-order valence-corrected chi connectivity index (χ1v) is 7.37. The fourth-order valence-electron chi connectivity index (χ4n) is 2.67. The zero-order valence-corrected chi connectivity index (χ0v) is 12.3. The van der Waals surface area contributed by atoms with Crippen LogP contribution >= 0.6 is 15.9 Å². The van der Waals surface area contributed by atoms with Crippen molar-refractivity contribution in [1.82, 2.24) is 0 Å². The minimum atomic E-state index is -0.328. The molecule has 0 radical (unpaired) electrons. The predicted molar refractivity (Wildman–Crippen MR) is 76.3 cm³/mol. The van der Waals surface area contributed by atoms with Crippen LogP contribution in [-0.2, 0) is 4.74 Å². The van der Waals surface area contributed by atoms with Crippen LogP contribution in [0, 0.1) is 0 Å². The average Bonchev–Trinajstić information content (AvgIpc) is 2.42. The van der Waals surface area contributed by atoms with Gasteiger partial charge in [-0.2, -0.15) is 0 Å². The maximum Gasteiger partial charge on any atom is 0.165 e. The molecule has 0 spiro atoms. The lowest BCUT2D eigenvalue weighted by atomic mass is 9.80. The Kier molecular flexibility index (Phi) is 4.57. The maximum atomic E-state index is 12.3. The molecule has 0 aliphatic heterocycles. The SMILES string of the molecule is COC1(CC(=O)c2ccccc2)CCCCC1Br. The van der Waals surface area contributed by atoms with E-state index in [0.29, 0.717) is 6.42 Å². The smallest absolute Gasteiger partial charge is 0.165 e. The highest BCUT2D eigenvalue weighted by atomic mass is 79.9. The molecule has 2 unspecified atom stereocenters. The van der Waals surface area contributed by atoms with E-state index in [9.17, 15) is 4.79 Å². The molecule has 18 heavy (non-hydrogen) atoms. The minimum Gasteiger partial charge on any atom is -0.377 e. The van der Waals surface area contributed by atoms with Gasteiger partial charge in [-0.05, 0) is 12.8 Å². The number of carbonyl (C=O) groups is 1. The van der Waals surface area contributed by atoms with Crippen LogP contribution in [-0.4, -0.2) is 23.3 Å². The van der Waals surface area contributed by atoms with Crippen LogP contribution < -0.4 is 0 Å². The highest BCUT2D eigenvalue weighted by molar-refractivity contribution is 9.09. The van der Waals surface area contributed by atoms with Crippen LogP contribution in [0.2, 0.25) is 0 Å². The monoisotopic (exact) mass is 310 g/mol. The minimum absolute atomic E-state index is 0.170. The summed E-state index contributed by atoms with van der Waals surface area (Å²) in [5.74, 6) is 0.170. The topological polar surface area (TPSA) is 26.3 Å². The van der Waals surface area contributed by atoms with E-state index >= 15 is 0 Å². The molecule has 0 bridgehead atoms. The lowest BCUT2D eigenvalue weighted by molar-refractivity contribution is -0.0326. The number of methoxy groups -OCH3 is 1. The van der Waals surface area contributed by atoms with E-state index in [2.05, 4.69) is 15.9 Å². The average molecular weight is 311 g/mol. The fourth-order valence-corrected chi connectivity index (χ4v) is 3.57. The number of benzene rings is 1. The molecule has 2 nitrogen and oxygen atoms in total. The molecule has 0 saturated heterocycles. The number of ether oxygens (including phenoxy) is 1. The van der Waals surface area contributed by atoms with Crippen LogP contribution in [0.4, 0.5) is 0 Å². The number of hydrogen-bond donors (Lipinski definition) is 0. The summed E-state index contributed by atoms with van der Waals surface area (Å²) in [7, 11) is 1.72. The maximum absolute atomic E-state index is 12.3. The van der Waals surface area contributed by atoms with Gasteiger partial charge in [0.1, 0.15) is 0 Å². The number of carbonyl (C=O) groups excluding carboxylic acids is 1. The summed E-state index contributed by atoms with van der Waals surface area (Å²) < 4.78 is 5.72. The second kappa shape index (κ2) is 5.98. The summed E-state index contributed by atoms with van der Waals surface area (Å²) in [5.41, 5.74) is 0.449. The van der Waals surface area contributed by atoms with Gasteiger partial charge in [0.15, 0.2) is 5.78 Å². The second-order valence-corrected chi connectivity index (χ2v) is 6.05. The summed E-state index contributed by atoms with van der Waals surface area (Å²) in [6.45, 7) is 0. The zero-order valence-electron chi connectivity index (χ0n) is 10.7. The molecule has 0 N–H and O–H groups in total. The van der Waals surface area contributed by atoms with Crippen molar-refractivity contribution in [2.45, 2.75) is 42.5 Å². The number of ketones is 1. The van der Waals surface area contributed by atoms with Gasteiger partial charge in [0, 0.05) is 23.9 Å². The standard InChI is InChI=1S/C15H19BrO2/c1-18-15(10-6-5-9-14(15)16)11-13(17)12-7-3-2-4-8-12/h2-4,7-8,14H,5-6,9-11H2,1H3. The summed E-state index contributed by atoms with van der Waals surface area (Å²) in [6.07, 6.45) is 4.84. The molecular formula is C15H19BrO2. The third-order valence-corrected chi connectivity index (χ3v) is 5.13. The lowest BCUT2D eigenvalue weighted by Crippen LogP contribution is -2.45. The Balaban J connectivity index is 2.13. The molecule has 2 atom stereocenters. The van der Waals surface area contributed by atoms with Crippen molar-refractivity contribution in [3.8, 4) is 0 Å². The summed E-state index contributed by atoms with van der Waals surface area (Å²) in [6, 6.07) is 9.48. The van der Waals surface area contributed by atoms with Crippen molar-refractivity contribution >= 4 is 21.7 Å². The number of alkyl halides is 1. The van der Waals surface area contributed by atoms with Crippen LogP contribution in [0.15, 0.2) is 30.3 Å². The largest absolute Gasteiger partial charge is 0.377 e. The van der Waals surface area contributed by atoms with Crippen LogP contribution in [0.3, 0.4) is 0 Å². The molecule has 0 heterocycles. The van der Waals surface area contributed by atoms with Crippen molar-refractivity contribution in [2.75, 3.05) is 7.11 Å². The third-order valence-electron chi connectivity index (χ3n) is 3.84. The number of rotatable bonds is 4. The van der Waals surface area contributed by atoms with E-state index in [1.54, 1.807) is 7.11 Å². The van der Waals surface area contributed by atoms with Gasteiger partial charge in [-0.25, -0.2) is 0 Å². The van der Waals surface area contributed by atoms with E-state index in [0.717, 1.165) is 24.8 Å². The van der Waals surface area contributed by atoms with Crippen molar-refractivity contribution in [2.24, 2.45) is 0 Å². The van der Waals surface area contributed by atoms with Gasteiger partial charge in [0.05, 0.1) is 5.60 Å². The first-order chi connectivity index (χ1) is 8.68. The zero-order chi connectivity index (χ0) is 13.0. The molecule has 1 aromatic carbocycles. The second-order valence-electron chi connectivity index (χ2n) is 4.95. The highest BCUT2D eigenvalue weighted by Gasteiger charge is 2.41. The molecule has 1 saturated carbocycles. The quantitative estimate of drug-likeness (QED) is 0.621.